The number of rotatable bonds is 10. The minimum atomic E-state index is -0.374. The zero-order valence-electron chi connectivity index (χ0n) is 14.9. The molecule has 140 valence electrons. The van der Waals surface area contributed by atoms with E-state index in [9.17, 15) is 9.59 Å². The molecule has 0 saturated heterocycles. The molecular weight excluding hydrogens is 354 g/mol. The number of aryl methyl sites for hydroxylation is 1. The number of amides is 2. The lowest BCUT2D eigenvalue weighted by molar-refractivity contribution is -0.119. The second kappa shape index (κ2) is 9.81. The van der Waals surface area contributed by atoms with Crippen LogP contribution in [0.4, 0.5) is 0 Å². The topological polar surface area (TPSA) is 112 Å². The molecule has 3 N–H and O–H groups in total. The summed E-state index contributed by atoms with van der Waals surface area (Å²) < 4.78 is 7.16. The maximum Gasteiger partial charge on any atom is 0.230 e. The van der Waals surface area contributed by atoms with Crippen molar-refractivity contribution in [2.45, 2.75) is 38.0 Å². The van der Waals surface area contributed by atoms with Gasteiger partial charge in [-0.2, -0.15) is 0 Å². The minimum absolute atomic E-state index is 0.106. The molecule has 0 aliphatic rings. The number of benzene rings is 1. The summed E-state index contributed by atoms with van der Waals surface area (Å²) in [5.74, 6) is 1.18. The number of methoxy groups -OCH3 is 1. The molecule has 0 aliphatic heterocycles. The van der Waals surface area contributed by atoms with E-state index in [2.05, 4.69) is 15.5 Å². The van der Waals surface area contributed by atoms with Crippen molar-refractivity contribution in [2.24, 2.45) is 5.73 Å². The lowest BCUT2D eigenvalue weighted by atomic mass is 10.2. The zero-order chi connectivity index (χ0) is 18.9. The van der Waals surface area contributed by atoms with Crippen molar-refractivity contribution >= 4 is 23.6 Å². The molecule has 0 atom stereocenters. The Morgan fingerprint density at radius 1 is 1.31 bits per heavy atom. The summed E-state index contributed by atoms with van der Waals surface area (Å²) in [6.45, 7) is 3.02. The molecule has 0 fully saturated rings. The number of nitrogens with one attached hydrogen (secondary N) is 1. The van der Waals surface area contributed by atoms with Gasteiger partial charge < -0.3 is 20.4 Å². The van der Waals surface area contributed by atoms with E-state index in [1.807, 2.05) is 35.8 Å². The molecule has 2 rings (SSSR count). The van der Waals surface area contributed by atoms with Crippen LogP contribution in [0.5, 0.6) is 5.75 Å². The number of ether oxygens (including phenoxy) is 1. The summed E-state index contributed by atoms with van der Waals surface area (Å²) in [6.07, 6.45) is 0.666. The van der Waals surface area contributed by atoms with E-state index in [1.54, 1.807) is 7.11 Å². The van der Waals surface area contributed by atoms with Crippen molar-refractivity contribution in [3.05, 3.63) is 35.7 Å². The maximum atomic E-state index is 12.1. The van der Waals surface area contributed by atoms with Gasteiger partial charge >= 0.3 is 0 Å². The molecule has 0 unspecified atom stereocenters. The van der Waals surface area contributed by atoms with Crippen LogP contribution < -0.4 is 15.8 Å². The zero-order valence-corrected chi connectivity index (χ0v) is 15.7. The van der Waals surface area contributed by atoms with Crippen LogP contribution in [-0.4, -0.2) is 39.4 Å². The van der Waals surface area contributed by atoms with Gasteiger partial charge in [0.2, 0.25) is 11.8 Å². The molecule has 2 amide bonds. The Bertz CT molecular complexity index is 763. The van der Waals surface area contributed by atoms with Gasteiger partial charge in [0, 0.05) is 31.5 Å². The highest BCUT2D eigenvalue weighted by Gasteiger charge is 2.14. The van der Waals surface area contributed by atoms with E-state index >= 15 is 0 Å². The van der Waals surface area contributed by atoms with Gasteiger partial charge in [0.1, 0.15) is 11.6 Å². The normalized spacial score (nSPS) is 10.5. The number of nitrogens with zero attached hydrogens (tertiary/aromatic N) is 3. The van der Waals surface area contributed by atoms with Crippen LogP contribution in [0.3, 0.4) is 0 Å². The lowest BCUT2D eigenvalue weighted by Gasteiger charge is -2.10. The molecule has 0 spiro atoms. The fourth-order valence-corrected chi connectivity index (χ4v) is 3.24. The van der Waals surface area contributed by atoms with Crippen LogP contribution in [0.15, 0.2) is 29.4 Å². The Morgan fingerprint density at radius 2 is 2.08 bits per heavy atom. The molecule has 9 heteroatoms. The minimum Gasteiger partial charge on any atom is -0.496 e. The molecule has 2 aromatic rings. The molecular formula is C17H23N5O3S. The molecule has 26 heavy (non-hydrogen) atoms. The van der Waals surface area contributed by atoms with Crippen LogP contribution in [0.2, 0.25) is 0 Å². The monoisotopic (exact) mass is 377 g/mol. The first-order valence-electron chi connectivity index (χ1n) is 8.26. The molecule has 8 nitrogen and oxygen atoms in total. The lowest BCUT2D eigenvalue weighted by Crippen LogP contribution is -2.25. The second-order valence-corrected chi connectivity index (χ2v) is 6.43. The predicted octanol–water partition coefficient (Wildman–Crippen LogP) is 1.13. The number of hydrogen-bond acceptors (Lipinski definition) is 6. The van der Waals surface area contributed by atoms with Gasteiger partial charge in [-0.25, -0.2) is 0 Å². The van der Waals surface area contributed by atoms with Gasteiger partial charge in [0.25, 0.3) is 0 Å². The Hall–Kier alpha value is -2.55. The maximum absolute atomic E-state index is 12.1. The highest BCUT2D eigenvalue weighted by Crippen LogP contribution is 2.19. The standard InChI is InChI=1S/C17H23N5O3S/c1-3-22-15(9-8-14(18)23)20-21-17(22)26-11-16(24)19-10-12-6-4-5-7-13(12)25-2/h4-7H,3,8-11H2,1-2H3,(H2,18,23)(H,19,24). The van der Waals surface area contributed by atoms with Crippen LogP contribution >= 0.6 is 11.8 Å². The Labute approximate surface area is 156 Å². The smallest absolute Gasteiger partial charge is 0.230 e. The van der Waals surface area contributed by atoms with Crippen molar-refractivity contribution in [2.75, 3.05) is 12.9 Å². The third-order valence-electron chi connectivity index (χ3n) is 3.71. The summed E-state index contributed by atoms with van der Waals surface area (Å²) in [5, 5.41) is 11.7. The van der Waals surface area contributed by atoms with Crippen molar-refractivity contribution in [3.8, 4) is 5.75 Å². The van der Waals surface area contributed by atoms with E-state index in [0.29, 0.717) is 30.5 Å². The highest BCUT2D eigenvalue weighted by atomic mass is 32.2. The largest absolute Gasteiger partial charge is 0.496 e. The van der Waals surface area contributed by atoms with E-state index in [-0.39, 0.29) is 24.0 Å². The molecule has 0 radical (unpaired) electrons. The van der Waals surface area contributed by atoms with Gasteiger partial charge in [-0.3, -0.25) is 9.59 Å². The van der Waals surface area contributed by atoms with E-state index in [0.717, 1.165) is 11.3 Å². The number of thioether (sulfide) groups is 1. The average molecular weight is 377 g/mol. The first kappa shape index (κ1) is 19.8. The summed E-state index contributed by atoms with van der Waals surface area (Å²) in [5.41, 5.74) is 6.09. The van der Waals surface area contributed by atoms with Gasteiger partial charge in [0.15, 0.2) is 5.16 Å². The summed E-state index contributed by atoms with van der Waals surface area (Å²) in [7, 11) is 1.60. The number of aromatic nitrogens is 3. The summed E-state index contributed by atoms with van der Waals surface area (Å²) in [4.78, 5) is 23.0. The molecule has 0 saturated carbocycles. The predicted molar refractivity (Wildman–Crippen MR) is 98.8 cm³/mol. The summed E-state index contributed by atoms with van der Waals surface area (Å²) in [6, 6.07) is 7.54. The number of para-hydroxylation sites is 1. The van der Waals surface area contributed by atoms with Crippen LogP contribution in [0.25, 0.3) is 0 Å². The fraction of sp³-hybridized carbons (Fsp3) is 0.412. The number of carbonyl (C=O) groups is 2. The van der Waals surface area contributed by atoms with Gasteiger partial charge in [-0.1, -0.05) is 30.0 Å². The summed E-state index contributed by atoms with van der Waals surface area (Å²) >= 11 is 1.31. The van der Waals surface area contributed by atoms with E-state index < -0.39 is 0 Å². The van der Waals surface area contributed by atoms with Crippen molar-refractivity contribution in [1.82, 2.24) is 20.1 Å². The molecule has 0 aliphatic carbocycles. The first-order chi connectivity index (χ1) is 12.5. The number of nitrogens with two attached hydrogens (primary N) is 1. The van der Waals surface area contributed by atoms with Crippen molar-refractivity contribution in [1.29, 1.82) is 0 Å². The van der Waals surface area contributed by atoms with Gasteiger partial charge in [-0.05, 0) is 13.0 Å². The number of carbonyl (C=O) groups excluding carboxylic acids is 2. The number of primary amides is 1. The Balaban J connectivity index is 1.88. The first-order valence-corrected chi connectivity index (χ1v) is 9.25. The molecule has 1 aromatic heterocycles. The van der Waals surface area contributed by atoms with Crippen LogP contribution in [-0.2, 0) is 29.1 Å². The quantitative estimate of drug-likeness (QED) is 0.600. The highest BCUT2D eigenvalue weighted by molar-refractivity contribution is 7.99. The van der Waals surface area contributed by atoms with E-state index in [4.69, 9.17) is 10.5 Å². The van der Waals surface area contributed by atoms with Crippen molar-refractivity contribution < 1.29 is 14.3 Å². The molecule has 1 aromatic carbocycles. The Kier molecular flexibility index (Phi) is 7.46. The second-order valence-electron chi connectivity index (χ2n) is 5.49. The molecule has 0 bridgehead atoms. The fourth-order valence-electron chi connectivity index (χ4n) is 2.39. The van der Waals surface area contributed by atoms with Gasteiger partial charge in [0.05, 0.1) is 12.9 Å². The van der Waals surface area contributed by atoms with Crippen LogP contribution in [0.1, 0.15) is 24.7 Å². The molecule has 1 heterocycles. The Morgan fingerprint density at radius 3 is 2.77 bits per heavy atom. The third kappa shape index (κ3) is 5.48. The number of hydrogen-bond donors (Lipinski definition) is 2. The third-order valence-corrected chi connectivity index (χ3v) is 4.67. The van der Waals surface area contributed by atoms with E-state index in [1.165, 1.54) is 11.8 Å². The average Bonchev–Trinajstić information content (AvgIpc) is 3.05. The van der Waals surface area contributed by atoms with Gasteiger partial charge in [-0.15, -0.1) is 10.2 Å². The van der Waals surface area contributed by atoms with Crippen LogP contribution in [0, 0.1) is 0 Å². The SMILES string of the molecule is CCn1c(CCC(N)=O)nnc1SCC(=O)NCc1ccccc1OC. The van der Waals surface area contributed by atoms with Crippen molar-refractivity contribution in [3.63, 3.8) is 0 Å².